The number of aromatic amines is 1. The van der Waals surface area contributed by atoms with E-state index in [0.717, 1.165) is 23.9 Å². The van der Waals surface area contributed by atoms with Crippen LogP contribution in [0.4, 0.5) is 0 Å². The van der Waals surface area contributed by atoms with Gasteiger partial charge in [-0.3, -0.25) is 9.78 Å². The maximum atomic E-state index is 12.3. The minimum absolute atomic E-state index is 0.181. The Balaban J connectivity index is 1.80. The third-order valence-corrected chi connectivity index (χ3v) is 5.31. The Hall–Kier alpha value is -2.99. The van der Waals surface area contributed by atoms with Gasteiger partial charge in [-0.05, 0) is 54.2 Å². The zero-order valence-corrected chi connectivity index (χ0v) is 17.0. The van der Waals surface area contributed by atoms with Crippen LogP contribution in [0, 0.1) is 0 Å². The summed E-state index contributed by atoms with van der Waals surface area (Å²) in [4.78, 5) is 34.9. The van der Waals surface area contributed by atoms with E-state index in [2.05, 4.69) is 34.9 Å². The first-order chi connectivity index (χ1) is 13.9. The molecule has 0 aliphatic carbocycles. The van der Waals surface area contributed by atoms with Crippen LogP contribution in [0.25, 0.3) is 22.6 Å². The summed E-state index contributed by atoms with van der Waals surface area (Å²) in [6, 6.07) is 13.8. The summed E-state index contributed by atoms with van der Waals surface area (Å²) >= 11 is 5.96. The zero-order valence-electron chi connectivity index (χ0n) is 16.3. The first-order valence-corrected chi connectivity index (χ1v) is 9.99. The van der Waals surface area contributed by atoms with Gasteiger partial charge in [-0.15, -0.1) is 0 Å². The number of fused-ring (bicyclic) bond motifs is 2. The molecule has 2 aromatic rings. The van der Waals surface area contributed by atoms with Crippen molar-refractivity contribution < 1.29 is 0 Å². The van der Waals surface area contributed by atoms with Crippen molar-refractivity contribution in [3.05, 3.63) is 79.5 Å². The van der Waals surface area contributed by atoms with Crippen LogP contribution in [0.2, 0.25) is 5.02 Å². The lowest BCUT2D eigenvalue weighted by atomic mass is 10.0. The molecule has 0 spiro atoms. The molecule has 1 N–H and O–H groups in total. The summed E-state index contributed by atoms with van der Waals surface area (Å²) in [7, 11) is 0. The van der Waals surface area contributed by atoms with Gasteiger partial charge in [0.2, 0.25) is 0 Å². The van der Waals surface area contributed by atoms with E-state index in [9.17, 15) is 9.59 Å². The maximum Gasteiger partial charge on any atom is 0.349 e. The van der Waals surface area contributed by atoms with E-state index in [1.54, 1.807) is 0 Å². The fourth-order valence-corrected chi connectivity index (χ4v) is 3.61. The average molecular weight is 409 g/mol. The number of H-pyrrole nitrogens is 1. The van der Waals surface area contributed by atoms with E-state index in [-0.39, 0.29) is 5.69 Å². The van der Waals surface area contributed by atoms with Crippen LogP contribution in [0.1, 0.15) is 37.3 Å². The summed E-state index contributed by atoms with van der Waals surface area (Å²) in [6.07, 6.45) is 1.65. The number of hydrogen-bond donors (Lipinski definition) is 1. The van der Waals surface area contributed by atoms with Crippen LogP contribution in [-0.2, 0) is 13.0 Å². The van der Waals surface area contributed by atoms with E-state index >= 15 is 0 Å². The third kappa shape index (κ3) is 3.93. The highest BCUT2D eigenvalue weighted by Crippen LogP contribution is 2.25. The van der Waals surface area contributed by atoms with E-state index in [0.29, 0.717) is 28.8 Å². The third-order valence-electron chi connectivity index (χ3n) is 5.06. The van der Waals surface area contributed by atoms with Crippen molar-refractivity contribution in [3.63, 3.8) is 0 Å². The van der Waals surface area contributed by atoms with Gasteiger partial charge in [-0.1, -0.05) is 43.6 Å². The molecule has 2 heterocycles. The first-order valence-electron chi connectivity index (χ1n) is 9.61. The van der Waals surface area contributed by atoms with Crippen molar-refractivity contribution in [2.75, 3.05) is 0 Å². The lowest BCUT2D eigenvalue weighted by molar-refractivity contribution is 0.648. The molecule has 2 aromatic carbocycles. The fourth-order valence-electron chi connectivity index (χ4n) is 3.49. The predicted molar refractivity (Wildman–Crippen MR) is 115 cm³/mol. The summed E-state index contributed by atoms with van der Waals surface area (Å²) in [5.74, 6) is 0.670. The Kier molecular flexibility index (Phi) is 5.20. The number of nitrogens with one attached hydrogen (secondary N) is 1. The number of benzene rings is 2. The van der Waals surface area contributed by atoms with Gasteiger partial charge in [0.25, 0.3) is 5.56 Å². The molecule has 4 rings (SSSR count). The quantitative estimate of drug-likeness (QED) is 0.506. The Morgan fingerprint density at radius 2 is 1.83 bits per heavy atom. The van der Waals surface area contributed by atoms with Crippen LogP contribution >= 0.6 is 11.6 Å². The monoisotopic (exact) mass is 408 g/mol. The summed E-state index contributed by atoms with van der Waals surface area (Å²) in [5, 5.41) is 0.710. The van der Waals surface area contributed by atoms with Crippen LogP contribution in [0.3, 0.4) is 0 Å². The summed E-state index contributed by atoms with van der Waals surface area (Å²) in [6.45, 7) is 4.86. The van der Waals surface area contributed by atoms with Crippen molar-refractivity contribution >= 4 is 22.6 Å². The maximum absolute atomic E-state index is 12.3. The molecule has 7 heteroatoms. The van der Waals surface area contributed by atoms with Crippen LogP contribution in [0.15, 0.2) is 52.1 Å². The van der Waals surface area contributed by atoms with Crippen molar-refractivity contribution in [1.82, 2.24) is 19.5 Å². The molecule has 6 nitrogen and oxygen atoms in total. The Morgan fingerprint density at radius 1 is 1.07 bits per heavy atom. The number of nitrogens with zero attached hydrogens (tertiary/aromatic N) is 3. The van der Waals surface area contributed by atoms with Crippen LogP contribution < -0.4 is 11.2 Å². The fraction of sp³-hybridized carbons (Fsp3) is 0.273. The molecular formula is C22H21ClN4O2. The zero-order chi connectivity index (χ0) is 20.5. The number of rotatable bonds is 5. The number of aromatic nitrogens is 4. The highest BCUT2D eigenvalue weighted by Gasteiger charge is 2.19. The van der Waals surface area contributed by atoms with Gasteiger partial charge in [0, 0.05) is 11.6 Å². The number of halogens is 1. The van der Waals surface area contributed by atoms with Crippen molar-refractivity contribution in [1.29, 1.82) is 0 Å². The topological polar surface area (TPSA) is 80.6 Å². The lowest BCUT2D eigenvalue weighted by Crippen LogP contribution is -2.29. The second-order valence-corrected chi connectivity index (χ2v) is 7.88. The minimum atomic E-state index is -0.657. The van der Waals surface area contributed by atoms with Gasteiger partial charge in [0.1, 0.15) is 0 Å². The number of hydrogen-bond acceptors (Lipinski definition) is 4. The minimum Gasteiger partial charge on any atom is -0.322 e. The van der Waals surface area contributed by atoms with E-state index in [4.69, 9.17) is 11.6 Å². The van der Waals surface area contributed by atoms with E-state index < -0.39 is 11.2 Å². The molecule has 0 radical (unpaired) electrons. The van der Waals surface area contributed by atoms with Gasteiger partial charge in [-0.2, -0.15) is 4.98 Å². The van der Waals surface area contributed by atoms with Gasteiger partial charge in [-0.25, -0.2) is 9.78 Å². The standard InChI is InChI=1S/C22H21ClN4O2/c1-13(2)15-7-10-17-18(12-15)27(11-3-4-14-5-8-16(23)9-6-14)20-19(24-17)21(28)26-22(29)25-20/h5-10,12-13H,3-4,11H2,1-2H3,(H,26,28,29). The predicted octanol–water partition coefficient (Wildman–Crippen LogP) is 3.99. The molecule has 0 aromatic heterocycles. The molecule has 0 atom stereocenters. The summed E-state index contributed by atoms with van der Waals surface area (Å²) in [5.41, 5.74) is 2.93. The second kappa shape index (κ2) is 7.79. The van der Waals surface area contributed by atoms with Crippen LogP contribution in [0.5, 0.6) is 0 Å². The Morgan fingerprint density at radius 3 is 2.55 bits per heavy atom. The molecule has 0 saturated carbocycles. The Bertz CT molecular complexity index is 1260. The second-order valence-electron chi connectivity index (χ2n) is 7.44. The van der Waals surface area contributed by atoms with Crippen molar-refractivity contribution in [2.45, 2.75) is 39.2 Å². The molecule has 0 unspecified atom stereocenters. The molecule has 0 amide bonds. The highest BCUT2D eigenvalue weighted by atomic mass is 35.5. The number of aryl methyl sites for hydroxylation is 2. The van der Waals surface area contributed by atoms with E-state index in [1.165, 1.54) is 5.56 Å². The molecule has 0 bridgehead atoms. The highest BCUT2D eigenvalue weighted by molar-refractivity contribution is 6.30. The smallest absolute Gasteiger partial charge is 0.322 e. The molecule has 2 aliphatic heterocycles. The van der Waals surface area contributed by atoms with E-state index in [1.807, 2.05) is 41.0 Å². The van der Waals surface area contributed by atoms with Gasteiger partial charge >= 0.3 is 5.69 Å². The molecule has 0 fully saturated rings. The first kappa shape index (κ1) is 19.3. The molecule has 148 valence electrons. The SMILES string of the molecule is CC(C)c1ccc2nc3c(=O)[nH]c(=O)nc-3n(CCCc3ccc(Cl)cc3)c2c1. The van der Waals surface area contributed by atoms with Crippen molar-refractivity contribution in [2.24, 2.45) is 0 Å². The van der Waals surface area contributed by atoms with Gasteiger partial charge < -0.3 is 4.57 Å². The van der Waals surface area contributed by atoms with Crippen LogP contribution in [-0.4, -0.2) is 19.5 Å². The van der Waals surface area contributed by atoms with Gasteiger partial charge in [0.05, 0.1) is 11.0 Å². The Labute approximate surface area is 172 Å². The average Bonchev–Trinajstić information content (AvgIpc) is 2.69. The largest absolute Gasteiger partial charge is 0.349 e. The van der Waals surface area contributed by atoms with Crippen molar-refractivity contribution in [3.8, 4) is 11.5 Å². The molecular weight excluding hydrogens is 388 g/mol. The normalized spacial score (nSPS) is 11.6. The lowest BCUT2D eigenvalue weighted by Gasteiger charge is -2.18. The molecule has 2 aliphatic rings. The molecule has 0 saturated heterocycles. The molecule has 29 heavy (non-hydrogen) atoms. The summed E-state index contributed by atoms with van der Waals surface area (Å²) < 4.78 is 1.94. The van der Waals surface area contributed by atoms with Gasteiger partial charge in [0.15, 0.2) is 11.5 Å².